The fourth-order valence-corrected chi connectivity index (χ4v) is 5.81. The van der Waals surface area contributed by atoms with Gasteiger partial charge < -0.3 is 23.7 Å². The van der Waals surface area contributed by atoms with Gasteiger partial charge in [0.1, 0.15) is 31.2 Å². The maximum atomic E-state index is 11.7. The molecule has 0 amide bonds. The lowest BCUT2D eigenvalue weighted by Crippen LogP contribution is -2.43. The molecule has 0 bridgehead atoms. The van der Waals surface area contributed by atoms with Crippen LogP contribution >= 0.6 is 34.8 Å². The van der Waals surface area contributed by atoms with Crippen LogP contribution in [0.1, 0.15) is 58.1 Å². The van der Waals surface area contributed by atoms with Gasteiger partial charge in [-0.15, -0.1) is 11.6 Å². The van der Waals surface area contributed by atoms with Crippen molar-refractivity contribution < 1.29 is 33.3 Å². The number of carbonyl (C=O) groups excluding carboxylic acids is 2. The summed E-state index contributed by atoms with van der Waals surface area (Å²) >= 11 is 19.3. The second-order valence-corrected chi connectivity index (χ2v) is 12.0. The first-order chi connectivity index (χ1) is 20.5. The molecule has 0 aromatic heterocycles. The standard InChI is InChI=1S/C32H42Cl3NO7/c1-5-6-11-32(4,25-16-29(34)31(30(35)17-25)41-20-27(18-33)42-22(2)37)24-7-9-26(10-8-24)40-21-28(43-23(3)38)19-36-12-14-39-15-13-36/h7-10,16-17,27-28H,5-6,11-15,18-21H2,1-4H3/t27-,28-,32?/m1/s1. The lowest BCUT2D eigenvalue weighted by atomic mass is 9.72. The van der Waals surface area contributed by atoms with Gasteiger partial charge in [-0.05, 0) is 41.8 Å². The van der Waals surface area contributed by atoms with Crippen LogP contribution in [0.25, 0.3) is 0 Å². The summed E-state index contributed by atoms with van der Waals surface area (Å²) in [6.07, 6.45) is 1.88. The van der Waals surface area contributed by atoms with E-state index in [1.54, 1.807) is 0 Å². The molecule has 43 heavy (non-hydrogen) atoms. The second-order valence-electron chi connectivity index (χ2n) is 10.9. The van der Waals surface area contributed by atoms with Gasteiger partial charge in [0.2, 0.25) is 0 Å². The largest absolute Gasteiger partial charge is 0.490 e. The highest BCUT2D eigenvalue weighted by atomic mass is 35.5. The molecule has 1 unspecified atom stereocenters. The number of esters is 2. The average Bonchev–Trinajstić information content (AvgIpc) is 2.97. The van der Waals surface area contributed by atoms with Gasteiger partial charge in [0.25, 0.3) is 0 Å². The number of nitrogens with zero attached hydrogens (tertiary/aromatic N) is 1. The van der Waals surface area contributed by atoms with Gasteiger partial charge in [-0.1, -0.05) is 62.0 Å². The Morgan fingerprint density at radius 1 is 0.930 bits per heavy atom. The Bertz CT molecular complexity index is 1170. The first-order valence-electron chi connectivity index (χ1n) is 14.6. The van der Waals surface area contributed by atoms with E-state index in [2.05, 4.69) is 18.7 Å². The fraction of sp³-hybridized carbons (Fsp3) is 0.562. The van der Waals surface area contributed by atoms with Gasteiger partial charge in [-0.2, -0.15) is 0 Å². The van der Waals surface area contributed by atoms with E-state index in [1.165, 1.54) is 13.8 Å². The SMILES string of the molecule is CCCCC(C)(c1ccc(OC[C@@H](CN2CCOCC2)OC(C)=O)cc1)c1cc(Cl)c(OC[C@@H](CCl)OC(C)=O)c(Cl)c1. The van der Waals surface area contributed by atoms with Crippen LogP contribution in [0.15, 0.2) is 36.4 Å². The molecule has 238 valence electrons. The molecule has 3 rings (SSSR count). The molecule has 2 aromatic rings. The number of hydrogen-bond acceptors (Lipinski definition) is 8. The van der Waals surface area contributed by atoms with E-state index in [0.717, 1.165) is 43.5 Å². The molecule has 0 aliphatic carbocycles. The number of halogens is 3. The predicted molar refractivity (Wildman–Crippen MR) is 169 cm³/mol. The Labute approximate surface area is 269 Å². The van der Waals surface area contributed by atoms with Crippen LogP contribution in [0.3, 0.4) is 0 Å². The number of hydrogen-bond donors (Lipinski definition) is 0. The van der Waals surface area contributed by atoms with Crippen molar-refractivity contribution in [3.05, 3.63) is 57.6 Å². The van der Waals surface area contributed by atoms with Crippen molar-refractivity contribution in [3.8, 4) is 11.5 Å². The van der Waals surface area contributed by atoms with Crippen molar-refractivity contribution in [1.82, 2.24) is 4.90 Å². The molecule has 3 atom stereocenters. The maximum Gasteiger partial charge on any atom is 0.303 e. The zero-order chi connectivity index (χ0) is 31.4. The van der Waals surface area contributed by atoms with E-state index in [4.69, 9.17) is 58.5 Å². The third-order valence-electron chi connectivity index (χ3n) is 7.41. The molecule has 0 N–H and O–H groups in total. The van der Waals surface area contributed by atoms with Crippen molar-refractivity contribution in [1.29, 1.82) is 0 Å². The molecular weight excluding hydrogens is 617 g/mol. The van der Waals surface area contributed by atoms with Crippen LogP contribution < -0.4 is 9.47 Å². The Morgan fingerprint density at radius 2 is 1.51 bits per heavy atom. The van der Waals surface area contributed by atoms with Gasteiger partial charge >= 0.3 is 11.9 Å². The Balaban J connectivity index is 1.76. The molecule has 2 aromatic carbocycles. The highest BCUT2D eigenvalue weighted by Crippen LogP contribution is 2.43. The van der Waals surface area contributed by atoms with Gasteiger partial charge in [0.05, 0.1) is 29.1 Å². The molecule has 1 aliphatic heterocycles. The Kier molecular flexibility index (Phi) is 14.2. The number of rotatable bonds is 16. The van der Waals surface area contributed by atoms with E-state index in [-0.39, 0.29) is 31.2 Å². The fourth-order valence-electron chi connectivity index (χ4n) is 5.06. The van der Waals surface area contributed by atoms with Crippen molar-refractivity contribution in [2.75, 3.05) is 51.9 Å². The van der Waals surface area contributed by atoms with E-state index < -0.39 is 17.5 Å². The maximum absolute atomic E-state index is 11.7. The molecular formula is C32H42Cl3NO7. The van der Waals surface area contributed by atoms with Crippen LogP contribution in [0.5, 0.6) is 11.5 Å². The molecule has 1 fully saturated rings. The normalized spacial score (nSPS) is 16.5. The first kappa shape index (κ1) is 35.3. The molecule has 0 radical (unpaired) electrons. The summed E-state index contributed by atoms with van der Waals surface area (Å²) in [5.74, 6) is 0.306. The highest BCUT2D eigenvalue weighted by molar-refractivity contribution is 6.37. The van der Waals surface area contributed by atoms with Crippen molar-refractivity contribution in [2.24, 2.45) is 0 Å². The first-order valence-corrected chi connectivity index (χ1v) is 15.9. The van der Waals surface area contributed by atoms with Crippen molar-refractivity contribution in [2.45, 2.75) is 64.6 Å². The summed E-state index contributed by atoms with van der Waals surface area (Å²) in [6.45, 7) is 10.9. The number of unbranched alkanes of at least 4 members (excludes halogenated alkanes) is 1. The van der Waals surface area contributed by atoms with Gasteiger partial charge in [0, 0.05) is 38.9 Å². The van der Waals surface area contributed by atoms with Gasteiger partial charge in [-0.3, -0.25) is 14.5 Å². The predicted octanol–water partition coefficient (Wildman–Crippen LogP) is 6.68. The minimum atomic E-state index is -0.620. The quantitative estimate of drug-likeness (QED) is 0.146. The minimum absolute atomic E-state index is 0.0290. The summed E-state index contributed by atoms with van der Waals surface area (Å²) in [6, 6.07) is 11.7. The van der Waals surface area contributed by atoms with Gasteiger partial charge in [0.15, 0.2) is 5.75 Å². The zero-order valence-electron chi connectivity index (χ0n) is 25.3. The number of benzene rings is 2. The summed E-state index contributed by atoms with van der Waals surface area (Å²) < 4.78 is 28.0. The number of morpholine rings is 1. The Hall–Kier alpha value is -2.23. The number of ether oxygens (including phenoxy) is 5. The van der Waals surface area contributed by atoms with Crippen LogP contribution in [0.4, 0.5) is 0 Å². The monoisotopic (exact) mass is 657 g/mol. The van der Waals surface area contributed by atoms with Crippen LogP contribution in [0, 0.1) is 0 Å². The molecule has 0 saturated carbocycles. The summed E-state index contributed by atoms with van der Waals surface area (Å²) in [5, 5.41) is 0.719. The van der Waals surface area contributed by atoms with E-state index in [0.29, 0.717) is 41.3 Å². The van der Waals surface area contributed by atoms with Gasteiger partial charge in [-0.25, -0.2) is 0 Å². The van der Waals surface area contributed by atoms with Crippen LogP contribution in [-0.4, -0.2) is 81.0 Å². The van der Waals surface area contributed by atoms with Crippen molar-refractivity contribution >= 4 is 46.7 Å². The van der Waals surface area contributed by atoms with E-state index in [1.807, 2.05) is 36.4 Å². The van der Waals surface area contributed by atoms with Crippen molar-refractivity contribution in [3.63, 3.8) is 0 Å². The second kappa shape index (κ2) is 17.3. The van der Waals surface area contributed by atoms with E-state index >= 15 is 0 Å². The highest BCUT2D eigenvalue weighted by Gasteiger charge is 2.30. The summed E-state index contributed by atoms with van der Waals surface area (Å²) in [4.78, 5) is 25.2. The zero-order valence-corrected chi connectivity index (χ0v) is 27.6. The Morgan fingerprint density at radius 3 is 2.07 bits per heavy atom. The molecule has 1 aliphatic rings. The number of carbonyl (C=O) groups is 2. The molecule has 11 heteroatoms. The molecule has 0 spiro atoms. The van der Waals surface area contributed by atoms with Crippen LogP contribution in [0.2, 0.25) is 10.0 Å². The molecule has 1 heterocycles. The third kappa shape index (κ3) is 10.7. The lowest BCUT2D eigenvalue weighted by molar-refractivity contribution is -0.149. The number of alkyl halides is 1. The summed E-state index contributed by atoms with van der Waals surface area (Å²) in [7, 11) is 0. The smallest absolute Gasteiger partial charge is 0.303 e. The minimum Gasteiger partial charge on any atom is -0.490 e. The molecule has 1 saturated heterocycles. The average molecular weight is 659 g/mol. The summed E-state index contributed by atoms with van der Waals surface area (Å²) in [5.41, 5.74) is 1.63. The van der Waals surface area contributed by atoms with E-state index in [9.17, 15) is 9.59 Å². The topological polar surface area (TPSA) is 83.5 Å². The van der Waals surface area contributed by atoms with Crippen LogP contribution in [-0.2, 0) is 29.2 Å². The lowest BCUT2D eigenvalue weighted by Gasteiger charge is -2.32. The third-order valence-corrected chi connectivity index (χ3v) is 8.32. The molecule has 8 nitrogen and oxygen atoms in total.